The van der Waals surface area contributed by atoms with Crippen molar-refractivity contribution in [2.24, 2.45) is 0 Å². The molecule has 0 aliphatic heterocycles. The molecule has 3 N–H and O–H groups in total. The third-order valence-corrected chi connectivity index (χ3v) is 2.87. The van der Waals surface area contributed by atoms with Crippen molar-refractivity contribution in [3.63, 3.8) is 0 Å². The Labute approximate surface area is 118 Å². The van der Waals surface area contributed by atoms with Crippen LogP contribution < -0.4 is 10.6 Å². The van der Waals surface area contributed by atoms with Gasteiger partial charge in [0.05, 0.1) is 0 Å². The summed E-state index contributed by atoms with van der Waals surface area (Å²) in [5.74, 6) is 0.253. The number of anilines is 2. The van der Waals surface area contributed by atoms with Crippen molar-refractivity contribution in [3.8, 4) is 5.75 Å². The normalized spacial score (nSPS) is 10.1. The highest BCUT2D eigenvalue weighted by molar-refractivity contribution is 5.90. The van der Waals surface area contributed by atoms with E-state index in [4.69, 9.17) is 0 Å². The maximum absolute atomic E-state index is 11.4. The first-order chi connectivity index (χ1) is 9.67. The highest BCUT2D eigenvalue weighted by Gasteiger charge is 2.00. The van der Waals surface area contributed by atoms with Gasteiger partial charge in [-0.2, -0.15) is 0 Å². The Morgan fingerprint density at radius 2 is 1.85 bits per heavy atom. The third kappa shape index (κ3) is 4.02. The Bertz CT molecular complexity index is 597. The van der Waals surface area contributed by atoms with Crippen molar-refractivity contribution in [3.05, 3.63) is 54.1 Å². The molecule has 1 amide bonds. The van der Waals surface area contributed by atoms with Gasteiger partial charge in [-0.25, -0.2) is 0 Å². The van der Waals surface area contributed by atoms with Crippen molar-refractivity contribution in [2.45, 2.75) is 19.9 Å². The second kappa shape index (κ2) is 6.61. The van der Waals surface area contributed by atoms with Gasteiger partial charge in [0.15, 0.2) is 0 Å². The van der Waals surface area contributed by atoms with Crippen LogP contribution in [0.2, 0.25) is 0 Å². The van der Waals surface area contributed by atoms with Crippen LogP contribution in [0, 0.1) is 0 Å². The Morgan fingerprint density at radius 1 is 1.10 bits per heavy atom. The number of rotatable bonds is 5. The smallest absolute Gasteiger partial charge is 0.224 e. The van der Waals surface area contributed by atoms with Crippen LogP contribution in [-0.2, 0) is 11.3 Å². The second-order valence-corrected chi connectivity index (χ2v) is 4.51. The largest absolute Gasteiger partial charge is 0.508 e. The van der Waals surface area contributed by atoms with E-state index >= 15 is 0 Å². The van der Waals surface area contributed by atoms with Crippen LogP contribution >= 0.6 is 0 Å². The molecule has 2 aromatic carbocycles. The van der Waals surface area contributed by atoms with Gasteiger partial charge < -0.3 is 15.7 Å². The predicted molar refractivity (Wildman–Crippen MR) is 80.8 cm³/mol. The molecular weight excluding hydrogens is 252 g/mol. The lowest BCUT2D eigenvalue weighted by atomic mass is 10.2. The fourth-order valence-electron chi connectivity index (χ4n) is 1.83. The zero-order valence-electron chi connectivity index (χ0n) is 11.4. The van der Waals surface area contributed by atoms with E-state index < -0.39 is 0 Å². The molecule has 0 bridgehead atoms. The average Bonchev–Trinajstić information content (AvgIpc) is 2.45. The van der Waals surface area contributed by atoms with E-state index in [1.54, 1.807) is 12.1 Å². The zero-order valence-corrected chi connectivity index (χ0v) is 11.4. The number of hydrogen-bond donors (Lipinski definition) is 3. The summed E-state index contributed by atoms with van der Waals surface area (Å²) in [7, 11) is 0. The monoisotopic (exact) mass is 270 g/mol. The average molecular weight is 270 g/mol. The van der Waals surface area contributed by atoms with E-state index in [-0.39, 0.29) is 11.7 Å². The molecule has 0 saturated heterocycles. The number of nitrogens with one attached hydrogen (secondary N) is 2. The van der Waals surface area contributed by atoms with Gasteiger partial charge in [0.2, 0.25) is 5.91 Å². The summed E-state index contributed by atoms with van der Waals surface area (Å²) in [6.45, 7) is 2.43. The molecule has 4 heteroatoms. The number of phenols is 1. The third-order valence-electron chi connectivity index (χ3n) is 2.87. The maximum Gasteiger partial charge on any atom is 0.224 e. The Kier molecular flexibility index (Phi) is 4.60. The molecule has 0 aliphatic carbocycles. The number of hydrogen-bond acceptors (Lipinski definition) is 3. The van der Waals surface area contributed by atoms with Gasteiger partial charge in [0.1, 0.15) is 5.75 Å². The van der Waals surface area contributed by atoms with Crippen molar-refractivity contribution >= 4 is 17.3 Å². The van der Waals surface area contributed by atoms with Crippen molar-refractivity contribution in [1.82, 2.24) is 0 Å². The number of phenolic OH excluding ortho intramolecular Hbond substituents is 1. The van der Waals surface area contributed by atoms with Crippen molar-refractivity contribution < 1.29 is 9.90 Å². The van der Waals surface area contributed by atoms with Gasteiger partial charge in [0.25, 0.3) is 0 Å². The van der Waals surface area contributed by atoms with Gasteiger partial charge >= 0.3 is 0 Å². The fraction of sp³-hybridized carbons (Fsp3) is 0.188. The molecule has 0 atom stereocenters. The van der Waals surface area contributed by atoms with E-state index in [0.29, 0.717) is 13.0 Å². The number of benzene rings is 2. The Balaban J connectivity index is 1.99. The van der Waals surface area contributed by atoms with E-state index in [0.717, 1.165) is 16.9 Å². The molecule has 0 aliphatic rings. The summed E-state index contributed by atoms with van der Waals surface area (Å²) >= 11 is 0. The first-order valence-electron chi connectivity index (χ1n) is 6.59. The highest BCUT2D eigenvalue weighted by atomic mass is 16.3. The second-order valence-electron chi connectivity index (χ2n) is 4.51. The van der Waals surface area contributed by atoms with E-state index in [9.17, 15) is 9.90 Å². The highest BCUT2D eigenvalue weighted by Crippen LogP contribution is 2.17. The molecule has 0 saturated carbocycles. The summed E-state index contributed by atoms with van der Waals surface area (Å²) in [6, 6.07) is 14.7. The molecule has 4 nitrogen and oxygen atoms in total. The molecule has 104 valence electrons. The van der Waals surface area contributed by atoms with Gasteiger partial charge in [0, 0.05) is 24.3 Å². The van der Waals surface area contributed by atoms with Crippen LogP contribution in [0.1, 0.15) is 18.9 Å². The molecule has 20 heavy (non-hydrogen) atoms. The van der Waals surface area contributed by atoms with E-state index in [1.807, 2.05) is 43.3 Å². The Hall–Kier alpha value is -2.49. The summed E-state index contributed by atoms with van der Waals surface area (Å²) in [5, 5.41) is 15.5. The van der Waals surface area contributed by atoms with Gasteiger partial charge in [-0.05, 0) is 35.9 Å². The molecule has 2 aromatic rings. The molecular formula is C16H18N2O2. The van der Waals surface area contributed by atoms with Crippen LogP contribution in [-0.4, -0.2) is 11.0 Å². The zero-order chi connectivity index (χ0) is 14.4. The first kappa shape index (κ1) is 13.9. The summed E-state index contributed by atoms with van der Waals surface area (Å²) in [5.41, 5.74) is 2.69. The molecule has 0 heterocycles. The topological polar surface area (TPSA) is 61.4 Å². The molecule has 0 radical (unpaired) electrons. The molecule has 0 unspecified atom stereocenters. The van der Waals surface area contributed by atoms with Crippen molar-refractivity contribution in [1.29, 1.82) is 0 Å². The van der Waals surface area contributed by atoms with Gasteiger partial charge in [-0.1, -0.05) is 25.1 Å². The van der Waals surface area contributed by atoms with E-state index in [2.05, 4.69) is 10.6 Å². The first-order valence-corrected chi connectivity index (χ1v) is 6.59. The minimum atomic E-state index is -0.00451. The molecule has 2 rings (SSSR count). The quantitative estimate of drug-likeness (QED) is 0.780. The summed E-state index contributed by atoms with van der Waals surface area (Å²) in [6.07, 6.45) is 0.459. The SMILES string of the molecule is CCC(=O)Nc1cccc(NCc2cccc(O)c2)c1. The molecule has 0 spiro atoms. The van der Waals surface area contributed by atoms with Crippen LogP contribution in [0.25, 0.3) is 0 Å². The number of carbonyl (C=O) groups is 1. The van der Waals surface area contributed by atoms with Crippen LogP contribution in [0.4, 0.5) is 11.4 Å². The molecule has 0 fully saturated rings. The number of amides is 1. The fourth-order valence-corrected chi connectivity index (χ4v) is 1.83. The molecule has 0 aromatic heterocycles. The van der Waals surface area contributed by atoms with Crippen LogP contribution in [0.15, 0.2) is 48.5 Å². The minimum Gasteiger partial charge on any atom is -0.508 e. The minimum absolute atomic E-state index is 0.00451. The number of carbonyl (C=O) groups excluding carboxylic acids is 1. The predicted octanol–water partition coefficient (Wildman–Crippen LogP) is 3.35. The van der Waals surface area contributed by atoms with Crippen LogP contribution in [0.5, 0.6) is 5.75 Å². The van der Waals surface area contributed by atoms with Crippen LogP contribution in [0.3, 0.4) is 0 Å². The standard InChI is InChI=1S/C16H18N2O2/c1-2-16(20)18-14-7-4-6-13(10-14)17-11-12-5-3-8-15(19)9-12/h3-10,17,19H,2,11H2,1H3,(H,18,20). The van der Waals surface area contributed by atoms with Gasteiger partial charge in [-0.15, -0.1) is 0 Å². The summed E-state index contributed by atoms with van der Waals surface area (Å²) < 4.78 is 0. The van der Waals surface area contributed by atoms with Gasteiger partial charge in [-0.3, -0.25) is 4.79 Å². The lowest BCUT2D eigenvalue weighted by molar-refractivity contribution is -0.115. The van der Waals surface area contributed by atoms with Crippen molar-refractivity contribution in [2.75, 3.05) is 10.6 Å². The lowest BCUT2D eigenvalue weighted by Crippen LogP contribution is -2.09. The maximum atomic E-state index is 11.4. The summed E-state index contributed by atoms with van der Waals surface area (Å²) in [4.78, 5) is 11.4. The Morgan fingerprint density at radius 3 is 2.60 bits per heavy atom. The number of aromatic hydroxyl groups is 1. The van der Waals surface area contributed by atoms with E-state index in [1.165, 1.54) is 0 Å². The lowest BCUT2D eigenvalue weighted by Gasteiger charge is -2.09.